The molecular formula is C42H26N2. The Labute approximate surface area is 254 Å². The molecular weight excluding hydrogens is 532 g/mol. The molecule has 9 aromatic rings. The van der Waals surface area contributed by atoms with Gasteiger partial charge in [-0.3, -0.25) is 0 Å². The second-order valence-electron chi connectivity index (χ2n) is 11.4. The lowest BCUT2D eigenvalue weighted by Gasteiger charge is -2.17. The zero-order valence-electron chi connectivity index (χ0n) is 23.9. The number of aromatic nitrogens is 2. The lowest BCUT2D eigenvalue weighted by molar-refractivity contribution is 1.18. The number of hydrogen-bond donors (Lipinski definition) is 0. The second-order valence-corrected chi connectivity index (χ2v) is 11.4. The van der Waals surface area contributed by atoms with Crippen LogP contribution in [0.1, 0.15) is 0 Å². The first kappa shape index (κ1) is 24.7. The summed E-state index contributed by atoms with van der Waals surface area (Å²) >= 11 is 0. The van der Waals surface area contributed by atoms with Crippen molar-refractivity contribution >= 4 is 53.9 Å². The largest absolute Gasteiger partial charge is 0.237 e. The van der Waals surface area contributed by atoms with Gasteiger partial charge in [-0.1, -0.05) is 121 Å². The first-order chi connectivity index (χ1) is 21.8. The summed E-state index contributed by atoms with van der Waals surface area (Å²) < 4.78 is 0. The quantitative estimate of drug-likeness (QED) is 0.159. The molecule has 0 saturated heterocycles. The molecule has 0 aliphatic carbocycles. The second kappa shape index (κ2) is 9.86. The van der Waals surface area contributed by atoms with Crippen molar-refractivity contribution in [1.82, 2.24) is 9.97 Å². The van der Waals surface area contributed by atoms with Crippen LogP contribution in [0.15, 0.2) is 158 Å². The van der Waals surface area contributed by atoms with Crippen molar-refractivity contribution in [3.8, 4) is 33.6 Å². The van der Waals surface area contributed by atoms with Crippen molar-refractivity contribution in [1.29, 1.82) is 0 Å². The van der Waals surface area contributed by atoms with E-state index < -0.39 is 0 Å². The van der Waals surface area contributed by atoms with Crippen LogP contribution in [0.3, 0.4) is 0 Å². The van der Waals surface area contributed by atoms with Crippen molar-refractivity contribution in [3.63, 3.8) is 0 Å². The van der Waals surface area contributed by atoms with Crippen LogP contribution in [-0.2, 0) is 0 Å². The average Bonchev–Trinajstić information content (AvgIpc) is 3.09. The molecule has 9 rings (SSSR count). The van der Waals surface area contributed by atoms with E-state index in [1.54, 1.807) is 0 Å². The molecule has 0 amide bonds. The maximum atomic E-state index is 4.66. The van der Waals surface area contributed by atoms with Gasteiger partial charge in [-0.2, -0.15) is 0 Å². The van der Waals surface area contributed by atoms with Crippen LogP contribution < -0.4 is 0 Å². The fourth-order valence-electron chi connectivity index (χ4n) is 6.98. The zero-order valence-corrected chi connectivity index (χ0v) is 23.9. The molecule has 0 N–H and O–H groups in total. The fraction of sp³-hybridized carbons (Fsp3) is 0. The van der Waals surface area contributed by atoms with Gasteiger partial charge in [0.2, 0.25) is 0 Å². The van der Waals surface area contributed by atoms with Crippen molar-refractivity contribution < 1.29 is 0 Å². The molecule has 2 heteroatoms. The summed E-state index contributed by atoms with van der Waals surface area (Å²) in [5.74, 6) is 0.746. The van der Waals surface area contributed by atoms with E-state index in [4.69, 9.17) is 0 Å². The molecule has 0 spiro atoms. The van der Waals surface area contributed by atoms with Crippen LogP contribution in [-0.4, -0.2) is 9.97 Å². The first-order valence-electron chi connectivity index (χ1n) is 15.0. The minimum Gasteiger partial charge on any atom is -0.237 e. The Hall–Kier alpha value is -5.86. The predicted molar refractivity (Wildman–Crippen MR) is 186 cm³/mol. The molecule has 204 valence electrons. The number of benzene rings is 8. The van der Waals surface area contributed by atoms with E-state index in [1.165, 1.54) is 65.3 Å². The summed E-state index contributed by atoms with van der Waals surface area (Å²) in [6.45, 7) is 0. The van der Waals surface area contributed by atoms with Gasteiger partial charge < -0.3 is 0 Å². The highest BCUT2D eigenvalue weighted by Gasteiger charge is 2.18. The van der Waals surface area contributed by atoms with E-state index in [2.05, 4.69) is 149 Å². The number of nitrogens with zero attached hydrogens (tertiary/aromatic N) is 2. The Bertz CT molecular complexity index is 2490. The van der Waals surface area contributed by atoms with Gasteiger partial charge >= 0.3 is 0 Å². The molecule has 0 radical (unpaired) electrons. The molecule has 2 nitrogen and oxygen atoms in total. The van der Waals surface area contributed by atoms with Crippen molar-refractivity contribution in [3.05, 3.63) is 158 Å². The van der Waals surface area contributed by atoms with Crippen LogP contribution in [0.25, 0.3) is 87.5 Å². The Morgan fingerprint density at radius 1 is 0.318 bits per heavy atom. The van der Waals surface area contributed by atoms with Gasteiger partial charge in [0, 0.05) is 18.0 Å². The summed E-state index contributed by atoms with van der Waals surface area (Å²) in [5.41, 5.74) is 5.94. The molecule has 0 aliphatic heterocycles. The molecule has 0 atom stereocenters. The van der Waals surface area contributed by atoms with Crippen molar-refractivity contribution in [2.24, 2.45) is 0 Å². The van der Waals surface area contributed by atoms with Gasteiger partial charge in [0.1, 0.15) is 0 Å². The summed E-state index contributed by atoms with van der Waals surface area (Å²) in [6, 6.07) is 52.7. The smallest absolute Gasteiger partial charge is 0.160 e. The van der Waals surface area contributed by atoms with Crippen LogP contribution in [0.4, 0.5) is 0 Å². The summed E-state index contributed by atoms with van der Waals surface area (Å²) in [5, 5.41) is 12.3. The minimum atomic E-state index is 0.746. The topological polar surface area (TPSA) is 25.8 Å². The molecule has 1 heterocycles. The lowest BCUT2D eigenvalue weighted by atomic mass is 9.86. The van der Waals surface area contributed by atoms with Crippen molar-refractivity contribution in [2.45, 2.75) is 0 Å². The zero-order chi connectivity index (χ0) is 29.0. The normalized spacial score (nSPS) is 11.6. The van der Waals surface area contributed by atoms with Crippen LogP contribution in [0.5, 0.6) is 0 Å². The SMILES string of the molecule is c1cnc(-c2c3ccccc3c(-c3cccc(-c4cccc5c4ccc4cc6ccccc6cc45)c3)c3ccccc23)nc1. The third-order valence-electron chi connectivity index (χ3n) is 8.93. The van der Waals surface area contributed by atoms with Gasteiger partial charge in [0.25, 0.3) is 0 Å². The van der Waals surface area contributed by atoms with Crippen LogP contribution >= 0.6 is 0 Å². The van der Waals surface area contributed by atoms with Gasteiger partial charge in [-0.05, 0) is 100 Å². The van der Waals surface area contributed by atoms with E-state index in [1.807, 2.05) is 18.5 Å². The standard InChI is InChI=1S/C42H26N2/c1-2-11-28-26-39-30(24-27(28)10-1)20-21-34-32(18-8-19-33(34)39)29-12-7-13-31(25-29)40-35-14-3-5-16-37(35)41(42-43-22-9-23-44-42)38-17-6-4-15-36(38)40/h1-26H. The highest BCUT2D eigenvalue weighted by Crippen LogP contribution is 2.44. The minimum absolute atomic E-state index is 0.746. The summed E-state index contributed by atoms with van der Waals surface area (Å²) in [6.07, 6.45) is 3.64. The molecule has 0 aliphatic rings. The highest BCUT2D eigenvalue weighted by atomic mass is 14.9. The highest BCUT2D eigenvalue weighted by molar-refractivity contribution is 6.21. The maximum Gasteiger partial charge on any atom is 0.160 e. The molecule has 8 aromatic carbocycles. The van der Waals surface area contributed by atoms with Crippen molar-refractivity contribution in [2.75, 3.05) is 0 Å². The summed E-state index contributed by atoms with van der Waals surface area (Å²) in [4.78, 5) is 9.32. The number of fused-ring (bicyclic) bond motifs is 6. The third-order valence-corrected chi connectivity index (χ3v) is 8.93. The molecule has 0 bridgehead atoms. The van der Waals surface area contributed by atoms with Crippen LogP contribution in [0.2, 0.25) is 0 Å². The number of rotatable bonds is 3. The Balaban J connectivity index is 1.29. The lowest BCUT2D eigenvalue weighted by Crippen LogP contribution is -1.94. The van der Waals surface area contributed by atoms with E-state index in [-0.39, 0.29) is 0 Å². The van der Waals surface area contributed by atoms with Gasteiger partial charge in [0.05, 0.1) is 0 Å². The molecule has 1 aromatic heterocycles. The average molecular weight is 559 g/mol. The first-order valence-corrected chi connectivity index (χ1v) is 15.0. The Kier molecular flexibility index (Phi) is 5.54. The van der Waals surface area contributed by atoms with E-state index in [0.717, 1.165) is 22.2 Å². The monoisotopic (exact) mass is 558 g/mol. The van der Waals surface area contributed by atoms with Crippen LogP contribution in [0, 0.1) is 0 Å². The van der Waals surface area contributed by atoms with E-state index >= 15 is 0 Å². The van der Waals surface area contributed by atoms with E-state index in [9.17, 15) is 0 Å². The molecule has 0 unspecified atom stereocenters. The van der Waals surface area contributed by atoms with Gasteiger partial charge in [-0.25, -0.2) is 9.97 Å². The van der Waals surface area contributed by atoms with E-state index in [0.29, 0.717) is 0 Å². The molecule has 44 heavy (non-hydrogen) atoms. The summed E-state index contributed by atoms with van der Waals surface area (Å²) in [7, 11) is 0. The number of hydrogen-bond acceptors (Lipinski definition) is 2. The third kappa shape index (κ3) is 3.82. The Morgan fingerprint density at radius 2 is 0.909 bits per heavy atom. The molecule has 0 fully saturated rings. The fourth-order valence-corrected chi connectivity index (χ4v) is 6.98. The van der Waals surface area contributed by atoms with Gasteiger partial charge in [0.15, 0.2) is 5.82 Å². The molecule has 0 saturated carbocycles. The Morgan fingerprint density at radius 3 is 1.64 bits per heavy atom. The predicted octanol–water partition coefficient (Wildman–Crippen LogP) is 11.2. The maximum absolute atomic E-state index is 4.66. The van der Waals surface area contributed by atoms with Gasteiger partial charge in [-0.15, -0.1) is 0 Å².